The number of carbonyl (C=O) groups excluding carboxylic acids is 1. The van der Waals surface area contributed by atoms with Crippen LogP contribution >= 0.6 is 0 Å². The van der Waals surface area contributed by atoms with Crippen LogP contribution < -0.4 is 5.32 Å². The van der Waals surface area contributed by atoms with E-state index in [0.717, 1.165) is 18.4 Å². The third kappa shape index (κ3) is 1.59. The zero-order valence-corrected chi connectivity index (χ0v) is 8.82. The Balaban J connectivity index is 1.91. The fourth-order valence-electron chi connectivity index (χ4n) is 2.24. The second kappa shape index (κ2) is 3.56. The zero-order valence-electron chi connectivity index (χ0n) is 8.82. The molecular weight excluding hydrogens is 207 g/mol. The summed E-state index contributed by atoms with van der Waals surface area (Å²) in [6, 6.07) is 6.80. The summed E-state index contributed by atoms with van der Waals surface area (Å²) >= 11 is 0. The molecule has 3 rings (SSSR count). The molecule has 2 aliphatic rings. The lowest BCUT2D eigenvalue weighted by molar-refractivity contribution is -0.128. The molecule has 1 saturated heterocycles. The van der Waals surface area contributed by atoms with Crippen molar-refractivity contribution >= 4 is 5.91 Å². The summed E-state index contributed by atoms with van der Waals surface area (Å²) in [5.41, 5.74) is 0.831. The number of rotatable bonds is 2. The van der Waals surface area contributed by atoms with Gasteiger partial charge in [-0.25, -0.2) is 4.39 Å². The van der Waals surface area contributed by atoms with Crippen LogP contribution in [0.3, 0.4) is 0 Å². The molecule has 4 heteroatoms. The van der Waals surface area contributed by atoms with E-state index < -0.39 is 0 Å². The van der Waals surface area contributed by atoms with E-state index in [4.69, 9.17) is 0 Å². The van der Waals surface area contributed by atoms with Gasteiger partial charge in [0, 0.05) is 6.04 Å². The highest BCUT2D eigenvalue weighted by atomic mass is 19.1. The zero-order chi connectivity index (χ0) is 11.1. The average molecular weight is 220 g/mol. The molecule has 1 aromatic carbocycles. The van der Waals surface area contributed by atoms with Gasteiger partial charge in [-0.1, -0.05) is 12.1 Å². The van der Waals surface area contributed by atoms with Gasteiger partial charge in [0.1, 0.15) is 12.0 Å². The summed E-state index contributed by atoms with van der Waals surface area (Å²) in [7, 11) is 0. The minimum atomic E-state index is -0.255. The topological polar surface area (TPSA) is 32.3 Å². The van der Waals surface area contributed by atoms with Gasteiger partial charge in [-0.05, 0) is 30.5 Å². The van der Waals surface area contributed by atoms with Crippen LogP contribution in [0.4, 0.5) is 4.39 Å². The van der Waals surface area contributed by atoms with Gasteiger partial charge in [0.15, 0.2) is 0 Å². The third-order valence-corrected chi connectivity index (χ3v) is 3.12. The largest absolute Gasteiger partial charge is 0.319 e. The van der Waals surface area contributed by atoms with Crippen LogP contribution in [0.1, 0.15) is 24.6 Å². The standard InChI is InChI=1S/C12H13FN2O/c13-9-3-1-2-8(6-9)12-14-7-11(16)15(12)10-4-5-10/h1-3,6,10,12,14H,4-5,7H2. The van der Waals surface area contributed by atoms with Crippen LogP contribution in [0.2, 0.25) is 0 Å². The van der Waals surface area contributed by atoms with Crippen LogP contribution in [0.25, 0.3) is 0 Å². The summed E-state index contributed by atoms with van der Waals surface area (Å²) in [4.78, 5) is 13.6. The number of hydrogen-bond acceptors (Lipinski definition) is 2. The molecule has 1 atom stereocenters. The second-order valence-corrected chi connectivity index (χ2v) is 4.37. The van der Waals surface area contributed by atoms with Gasteiger partial charge in [-0.15, -0.1) is 0 Å². The Bertz CT molecular complexity index is 431. The fourth-order valence-corrected chi connectivity index (χ4v) is 2.24. The van der Waals surface area contributed by atoms with Crippen molar-refractivity contribution in [1.29, 1.82) is 0 Å². The first-order valence-electron chi connectivity index (χ1n) is 5.56. The molecule has 2 fully saturated rings. The molecule has 3 nitrogen and oxygen atoms in total. The molecule has 1 amide bonds. The minimum absolute atomic E-state index is 0.122. The molecule has 16 heavy (non-hydrogen) atoms. The number of benzene rings is 1. The van der Waals surface area contributed by atoms with E-state index in [0.29, 0.717) is 12.6 Å². The molecule has 1 aromatic rings. The first-order chi connectivity index (χ1) is 7.75. The molecule has 1 heterocycles. The molecule has 1 N–H and O–H groups in total. The molecule has 0 bridgehead atoms. The van der Waals surface area contributed by atoms with Gasteiger partial charge >= 0.3 is 0 Å². The van der Waals surface area contributed by atoms with Crippen LogP contribution in [0.5, 0.6) is 0 Å². The van der Waals surface area contributed by atoms with Crippen molar-refractivity contribution in [2.24, 2.45) is 0 Å². The number of halogens is 1. The Morgan fingerprint density at radius 2 is 2.19 bits per heavy atom. The molecule has 1 saturated carbocycles. The average Bonchev–Trinajstić information content (AvgIpc) is 3.02. The van der Waals surface area contributed by atoms with Crippen molar-refractivity contribution in [3.05, 3.63) is 35.6 Å². The first-order valence-corrected chi connectivity index (χ1v) is 5.56. The van der Waals surface area contributed by atoms with Crippen molar-refractivity contribution in [2.75, 3.05) is 6.54 Å². The van der Waals surface area contributed by atoms with Crippen molar-refractivity contribution in [1.82, 2.24) is 10.2 Å². The van der Waals surface area contributed by atoms with E-state index in [9.17, 15) is 9.18 Å². The fraction of sp³-hybridized carbons (Fsp3) is 0.417. The number of carbonyl (C=O) groups is 1. The summed E-state index contributed by atoms with van der Waals surface area (Å²) in [5, 5.41) is 3.13. The monoisotopic (exact) mass is 220 g/mol. The van der Waals surface area contributed by atoms with E-state index in [2.05, 4.69) is 5.32 Å². The molecule has 1 unspecified atom stereocenters. The van der Waals surface area contributed by atoms with E-state index in [-0.39, 0.29) is 17.9 Å². The maximum atomic E-state index is 13.1. The summed E-state index contributed by atoms with van der Waals surface area (Å²) in [6.07, 6.45) is 1.99. The lowest BCUT2D eigenvalue weighted by Gasteiger charge is -2.24. The quantitative estimate of drug-likeness (QED) is 0.817. The smallest absolute Gasteiger partial charge is 0.238 e. The van der Waals surface area contributed by atoms with Crippen molar-refractivity contribution in [3.8, 4) is 0 Å². The third-order valence-electron chi connectivity index (χ3n) is 3.12. The minimum Gasteiger partial charge on any atom is -0.319 e. The van der Waals surface area contributed by atoms with Gasteiger partial charge in [-0.3, -0.25) is 10.1 Å². The maximum absolute atomic E-state index is 13.1. The Hall–Kier alpha value is -1.42. The SMILES string of the molecule is O=C1CNC(c2cccc(F)c2)N1C1CC1. The van der Waals surface area contributed by atoms with Gasteiger partial charge in [0.05, 0.1) is 6.54 Å². The highest BCUT2D eigenvalue weighted by molar-refractivity contribution is 5.81. The molecule has 1 aliphatic carbocycles. The molecule has 0 radical (unpaired) electrons. The molecular formula is C12H13FN2O. The predicted octanol–water partition coefficient (Wildman–Crippen LogP) is 1.42. The van der Waals surface area contributed by atoms with E-state index >= 15 is 0 Å². The molecule has 1 aliphatic heterocycles. The number of amides is 1. The maximum Gasteiger partial charge on any atom is 0.238 e. The summed E-state index contributed by atoms with van der Waals surface area (Å²) in [5.74, 6) is -0.133. The summed E-state index contributed by atoms with van der Waals surface area (Å²) in [6.45, 7) is 0.359. The molecule has 0 aromatic heterocycles. The van der Waals surface area contributed by atoms with Gasteiger partial charge in [0.25, 0.3) is 0 Å². The molecule has 84 valence electrons. The van der Waals surface area contributed by atoms with E-state index in [1.54, 1.807) is 6.07 Å². The Labute approximate surface area is 93.2 Å². The number of hydrogen-bond donors (Lipinski definition) is 1. The van der Waals surface area contributed by atoms with Crippen LogP contribution in [-0.2, 0) is 4.79 Å². The van der Waals surface area contributed by atoms with Crippen molar-refractivity contribution in [2.45, 2.75) is 25.0 Å². The highest BCUT2D eigenvalue weighted by Crippen LogP contribution is 2.35. The van der Waals surface area contributed by atoms with Crippen LogP contribution in [0.15, 0.2) is 24.3 Å². The number of nitrogens with one attached hydrogen (secondary N) is 1. The van der Waals surface area contributed by atoms with Crippen molar-refractivity contribution in [3.63, 3.8) is 0 Å². The molecule has 0 spiro atoms. The van der Waals surface area contributed by atoms with Crippen molar-refractivity contribution < 1.29 is 9.18 Å². The first kappa shape index (κ1) is 9.78. The van der Waals surface area contributed by atoms with Gasteiger partial charge < -0.3 is 4.90 Å². The number of nitrogens with zero attached hydrogens (tertiary/aromatic N) is 1. The van der Waals surface area contributed by atoms with E-state index in [1.165, 1.54) is 12.1 Å². The highest BCUT2D eigenvalue weighted by Gasteiger charge is 2.41. The van der Waals surface area contributed by atoms with Gasteiger partial charge in [-0.2, -0.15) is 0 Å². The van der Waals surface area contributed by atoms with Gasteiger partial charge in [0.2, 0.25) is 5.91 Å². The Kier molecular flexibility index (Phi) is 2.17. The predicted molar refractivity (Wildman–Crippen MR) is 57.0 cm³/mol. The second-order valence-electron chi connectivity index (χ2n) is 4.37. The lowest BCUT2D eigenvalue weighted by atomic mass is 10.1. The van der Waals surface area contributed by atoms with Crippen LogP contribution in [-0.4, -0.2) is 23.4 Å². The Morgan fingerprint density at radius 1 is 1.38 bits per heavy atom. The lowest BCUT2D eigenvalue weighted by Crippen LogP contribution is -2.32. The normalized spacial score (nSPS) is 25.2. The summed E-state index contributed by atoms with van der Waals surface area (Å²) < 4.78 is 13.1. The Morgan fingerprint density at radius 3 is 2.88 bits per heavy atom. The van der Waals surface area contributed by atoms with E-state index in [1.807, 2.05) is 11.0 Å². The van der Waals surface area contributed by atoms with Crippen LogP contribution in [0, 0.1) is 5.82 Å².